The maximum atomic E-state index is 13.4. The number of methoxy groups -OCH3 is 1. The van der Waals surface area contributed by atoms with Crippen molar-refractivity contribution in [1.29, 1.82) is 0 Å². The van der Waals surface area contributed by atoms with Crippen LogP contribution in [0.1, 0.15) is 40.6 Å². The van der Waals surface area contributed by atoms with E-state index in [1.807, 2.05) is 41.3 Å². The third-order valence-corrected chi connectivity index (χ3v) is 6.99. The molecule has 1 aliphatic heterocycles. The van der Waals surface area contributed by atoms with Crippen LogP contribution in [0.3, 0.4) is 0 Å². The first-order chi connectivity index (χ1) is 16.5. The van der Waals surface area contributed by atoms with E-state index >= 15 is 0 Å². The topological polar surface area (TPSA) is 89.4 Å². The monoisotopic (exact) mass is 475 g/mol. The lowest BCUT2D eigenvalue weighted by molar-refractivity contribution is 0.0626. The van der Waals surface area contributed by atoms with Crippen LogP contribution in [0.2, 0.25) is 0 Å². The first-order valence-electron chi connectivity index (χ1n) is 11.1. The van der Waals surface area contributed by atoms with E-state index in [4.69, 9.17) is 4.74 Å². The number of hydrogen-bond acceptors (Lipinski definition) is 6. The Labute approximate surface area is 200 Å². The summed E-state index contributed by atoms with van der Waals surface area (Å²) in [5.41, 5.74) is 2.01. The lowest BCUT2D eigenvalue weighted by Crippen LogP contribution is -2.38. The lowest BCUT2D eigenvalue weighted by Gasteiger charge is -2.23. The number of hydrogen-bond donors (Lipinski definition) is 1. The summed E-state index contributed by atoms with van der Waals surface area (Å²) < 4.78 is 7.49. The van der Waals surface area contributed by atoms with Crippen molar-refractivity contribution >= 4 is 55.1 Å². The summed E-state index contributed by atoms with van der Waals surface area (Å²) in [6.07, 6.45) is 1.83. The van der Waals surface area contributed by atoms with Crippen molar-refractivity contribution in [3.8, 4) is 0 Å². The predicted molar refractivity (Wildman–Crippen MR) is 134 cm³/mol. The minimum atomic E-state index is -0.260. The number of nitrogens with one attached hydrogen (secondary N) is 1. The van der Waals surface area contributed by atoms with Gasteiger partial charge in [-0.1, -0.05) is 48.2 Å². The van der Waals surface area contributed by atoms with Gasteiger partial charge in [0.2, 0.25) is 0 Å². The Balaban J connectivity index is 1.46. The molecule has 2 aromatic carbocycles. The number of thiazole rings is 1. The van der Waals surface area contributed by atoms with Crippen LogP contribution in [-0.4, -0.2) is 57.8 Å². The summed E-state index contributed by atoms with van der Waals surface area (Å²) in [6.45, 7) is 6.93. The quantitative estimate of drug-likeness (QED) is 0.439. The van der Waals surface area contributed by atoms with Crippen molar-refractivity contribution < 1.29 is 14.3 Å². The summed E-state index contributed by atoms with van der Waals surface area (Å²) in [4.78, 5) is 32.8. The molecule has 1 saturated heterocycles. The molecule has 0 saturated carbocycles. The largest absolute Gasteiger partial charge is 0.383 e. The Morgan fingerprint density at radius 2 is 2.03 bits per heavy atom. The van der Waals surface area contributed by atoms with Crippen LogP contribution in [0, 0.1) is 0 Å². The minimum Gasteiger partial charge on any atom is -0.383 e. The summed E-state index contributed by atoms with van der Waals surface area (Å²) in [6, 6.07) is 13.5. The molecule has 34 heavy (non-hydrogen) atoms. The Morgan fingerprint density at radius 1 is 1.24 bits per heavy atom. The number of likely N-dealkylation sites (tertiary alicyclic amines) is 1. The van der Waals surface area contributed by atoms with Crippen LogP contribution in [0.5, 0.6) is 0 Å². The second-order valence-electron chi connectivity index (χ2n) is 8.43. The highest BCUT2D eigenvalue weighted by molar-refractivity contribution is 7.22. The van der Waals surface area contributed by atoms with Crippen LogP contribution in [0.15, 0.2) is 49.0 Å². The molecule has 2 aromatic heterocycles. The van der Waals surface area contributed by atoms with Gasteiger partial charge >= 0.3 is 0 Å². The number of benzene rings is 2. The first-order valence-corrected chi connectivity index (χ1v) is 11.9. The highest BCUT2D eigenvalue weighted by Crippen LogP contribution is 2.32. The molecule has 1 aliphatic rings. The average molecular weight is 476 g/mol. The zero-order chi connectivity index (χ0) is 23.8. The van der Waals surface area contributed by atoms with E-state index in [2.05, 4.69) is 22.0 Å². The second-order valence-corrected chi connectivity index (χ2v) is 9.43. The van der Waals surface area contributed by atoms with Gasteiger partial charge < -0.3 is 9.64 Å². The van der Waals surface area contributed by atoms with E-state index in [1.54, 1.807) is 24.8 Å². The van der Waals surface area contributed by atoms with Crippen LogP contribution in [0.4, 0.5) is 5.13 Å². The maximum Gasteiger partial charge on any atom is 0.276 e. The van der Waals surface area contributed by atoms with Crippen molar-refractivity contribution in [3.05, 3.63) is 60.3 Å². The van der Waals surface area contributed by atoms with Gasteiger partial charge in [-0.3, -0.25) is 14.9 Å². The van der Waals surface area contributed by atoms with Crippen molar-refractivity contribution in [3.63, 3.8) is 0 Å². The zero-order valence-electron chi connectivity index (χ0n) is 19.1. The van der Waals surface area contributed by atoms with Crippen molar-refractivity contribution in [2.45, 2.75) is 25.8 Å². The number of fused-ring (bicyclic) bond motifs is 2. The molecule has 0 bridgehead atoms. The third kappa shape index (κ3) is 3.97. The van der Waals surface area contributed by atoms with Crippen LogP contribution >= 0.6 is 11.3 Å². The molecule has 5 rings (SSSR count). The van der Waals surface area contributed by atoms with Gasteiger partial charge in [0.05, 0.1) is 12.6 Å². The van der Waals surface area contributed by atoms with E-state index in [-0.39, 0.29) is 17.9 Å². The molecule has 174 valence electrons. The third-order valence-electron chi connectivity index (χ3n) is 6.02. The van der Waals surface area contributed by atoms with Gasteiger partial charge in [-0.25, -0.2) is 4.68 Å². The molecular weight excluding hydrogens is 450 g/mol. The number of carbonyl (C=O) groups excluding carboxylic acids is 2. The van der Waals surface area contributed by atoms with Gasteiger partial charge in [0.15, 0.2) is 16.5 Å². The highest BCUT2D eigenvalue weighted by atomic mass is 32.1. The van der Waals surface area contributed by atoms with Crippen molar-refractivity contribution in [2.75, 3.05) is 25.6 Å². The van der Waals surface area contributed by atoms with E-state index < -0.39 is 0 Å². The fourth-order valence-electron chi connectivity index (χ4n) is 4.37. The molecule has 2 amide bonds. The van der Waals surface area contributed by atoms with Gasteiger partial charge in [0, 0.05) is 24.9 Å². The number of anilines is 1. The summed E-state index contributed by atoms with van der Waals surface area (Å²) >= 11 is 1.24. The molecule has 1 atom stereocenters. The van der Waals surface area contributed by atoms with Gasteiger partial charge in [-0.15, -0.1) is 0 Å². The van der Waals surface area contributed by atoms with Crippen molar-refractivity contribution in [2.24, 2.45) is 0 Å². The summed E-state index contributed by atoms with van der Waals surface area (Å²) in [7, 11) is 1.64. The summed E-state index contributed by atoms with van der Waals surface area (Å²) in [5.74, 6) is -0.412. The molecule has 1 fully saturated rings. The van der Waals surface area contributed by atoms with Gasteiger partial charge in [-0.2, -0.15) is 10.1 Å². The highest BCUT2D eigenvalue weighted by Gasteiger charge is 2.33. The Bertz CT molecular complexity index is 1420. The fraction of sp³-hybridized carbons (Fsp3) is 0.280. The molecule has 0 radical (unpaired) electrons. The van der Waals surface area contributed by atoms with Gasteiger partial charge in [0.1, 0.15) is 4.70 Å². The molecule has 0 spiro atoms. The molecule has 0 unspecified atom stereocenters. The fourth-order valence-corrected chi connectivity index (χ4v) is 5.28. The zero-order valence-corrected chi connectivity index (χ0v) is 19.9. The minimum absolute atomic E-state index is 0.0301. The van der Waals surface area contributed by atoms with Crippen molar-refractivity contribution in [1.82, 2.24) is 19.7 Å². The number of ether oxygens (including phenoxy) is 1. The molecule has 1 N–H and O–H groups in total. The molecular formula is C25H25N5O3S. The Hall–Kier alpha value is -3.56. The standard InChI is InChI=1S/C25H25N5O3S/c1-15(2)30-22-21(20(28-30)24(32)29-12-6-9-19(29)14-33-3)34-25(26-22)27-23(31)18-11-10-16-7-4-5-8-17(16)13-18/h4-5,7-8,10-11,13,19H,1,6,9,12,14H2,2-3H3,(H,26,27,31)/t19-/m0/s1. The average Bonchev–Trinajstić information content (AvgIpc) is 3.53. The van der Waals surface area contributed by atoms with E-state index in [9.17, 15) is 9.59 Å². The number of nitrogens with zero attached hydrogens (tertiary/aromatic N) is 4. The normalized spacial score (nSPS) is 15.8. The smallest absolute Gasteiger partial charge is 0.276 e. The predicted octanol–water partition coefficient (Wildman–Crippen LogP) is 4.64. The number of carbonyl (C=O) groups is 2. The second kappa shape index (κ2) is 9.00. The van der Waals surface area contributed by atoms with Crippen LogP contribution < -0.4 is 5.32 Å². The Morgan fingerprint density at radius 3 is 2.79 bits per heavy atom. The van der Waals surface area contributed by atoms with E-state index in [0.717, 1.165) is 23.6 Å². The first kappa shape index (κ1) is 22.2. The SMILES string of the molecule is C=C(C)n1nc(C(=O)N2CCC[C@H]2COC)c2sc(NC(=O)c3ccc4ccccc4c3)nc21. The number of aromatic nitrogens is 3. The molecule has 9 heteroatoms. The van der Waals surface area contributed by atoms with Crippen LogP contribution in [0.25, 0.3) is 26.8 Å². The van der Waals surface area contributed by atoms with Gasteiger partial charge in [-0.05, 0) is 42.7 Å². The van der Waals surface area contributed by atoms with E-state index in [1.165, 1.54) is 11.3 Å². The van der Waals surface area contributed by atoms with Gasteiger partial charge in [0.25, 0.3) is 11.8 Å². The summed E-state index contributed by atoms with van der Waals surface area (Å²) in [5, 5.41) is 9.86. The number of rotatable bonds is 6. The number of amides is 2. The van der Waals surface area contributed by atoms with E-state index in [0.29, 0.717) is 45.6 Å². The maximum absolute atomic E-state index is 13.4. The Kier molecular flexibility index (Phi) is 5.89. The van der Waals surface area contributed by atoms with Crippen LogP contribution in [-0.2, 0) is 4.74 Å². The number of allylic oxidation sites excluding steroid dienone is 1. The lowest BCUT2D eigenvalue weighted by atomic mass is 10.1. The molecule has 3 heterocycles. The molecule has 8 nitrogen and oxygen atoms in total. The molecule has 4 aromatic rings. The molecule has 0 aliphatic carbocycles.